The van der Waals surface area contributed by atoms with Crippen LogP contribution in [0.5, 0.6) is 11.5 Å². The summed E-state index contributed by atoms with van der Waals surface area (Å²) in [4.78, 5) is 11.5. The first-order valence-electron chi connectivity index (χ1n) is 7.43. The maximum atomic E-state index is 11.5. The molecule has 0 aromatic heterocycles. The summed E-state index contributed by atoms with van der Waals surface area (Å²) in [5.41, 5.74) is 6.94. The molecule has 0 atom stereocenters. The summed E-state index contributed by atoms with van der Waals surface area (Å²) in [6.07, 6.45) is 7.91. The molecule has 0 aliphatic heterocycles. The summed E-state index contributed by atoms with van der Waals surface area (Å²) in [6.45, 7) is 2.17. The summed E-state index contributed by atoms with van der Waals surface area (Å²) in [7, 11) is 1.50. The smallest absolute Gasteiger partial charge is 0.244 e. The van der Waals surface area contributed by atoms with Crippen LogP contribution in [0.25, 0.3) is 0 Å². The predicted molar refractivity (Wildman–Crippen MR) is 84.4 cm³/mol. The normalized spacial score (nSPS) is 11.4. The van der Waals surface area contributed by atoms with Gasteiger partial charge in [0.1, 0.15) is 0 Å². The van der Waals surface area contributed by atoms with E-state index in [1.165, 1.54) is 26.4 Å². The average molecular weight is 291 g/mol. The third-order valence-electron chi connectivity index (χ3n) is 3.40. The second-order valence-electron chi connectivity index (χ2n) is 5.13. The zero-order valence-corrected chi connectivity index (χ0v) is 12.9. The number of carbonyl (C=O) groups excluding carboxylic acids is 1. The molecule has 1 aromatic carbocycles. The summed E-state index contributed by atoms with van der Waals surface area (Å²) in [5.74, 6) is 0.0993. The van der Waals surface area contributed by atoms with Gasteiger partial charge in [0.25, 0.3) is 0 Å². The second kappa shape index (κ2) is 9.06. The van der Waals surface area contributed by atoms with Crippen LogP contribution in [-0.2, 0) is 11.2 Å². The number of unbranched alkanes of at least 4 members (excludes halogenated alkanes) is 4. The van der Waals surface area contributed by atoms with Gasteiger partial charge in [0.2, 0.25) is 5.91 Å². The van der Waals surface area contributed by atoms with E-state index in [9.17, 15) is 9.90 Å². The van der Waals surface area contributed by atoms with Gasteiger partial charge in [-0.25, -0.2) is 0 Å². The van der Waals surface area contributed by atoms with Crippen molar-refractivity contribution in [2.24, 2.45) is 5.73 Å². The van der Waals surface area contributed by atoms with Crippen LogP contribution in [0.15, 0.2) is 29.8 Å². The van der Waals surface area contributed by atoms with Crippen molar-refractivity contribution < 1.29 is 14.6 Å². The standard InChI is InChI=1S/C17H25NO3/c1-3-4-5-6-7-8-14(17(18)20)11-13-9-10-15(19)16(12-13)21-2/h8-10,12,19H,3-7,11H2,1-2H3,(H2,18,20). The fourth-order valence-corrected chi connectivity index (χ4v) is 2.16. The third kappa shape index (κ3) is 5.90. The molecule has 0 saturated carbocycles. The molecule has 0 saturated heterocycles. The van der Waals surface area contributed by atoms with Gasteiger partial charge in [-0.1, -0.05) is 38.3 Å². The number of aromatic hydroxyl groups is 1. The number of benzene rings is 1. The molecule has 116 valence electrons. The largest absolute Gasteiger partial charge is 0.504 e. The van der Waals surface area contributed by atoms with Crippen molar-refractivity contribution in [3.8, 4) is 11.5 Å². The lowest BCUT2D eigenvalue weighted by atomic mass is 10.0. The second-order valence-corrected chi connectivity index (χ2v) is 5.13. The number of phenolic OH excluding ortho intramolecular Hbond substituents is 1. The number of ether oxygens (including phenoxy) is 1. The molecular formula is C17H25NO3. The third-order valence-corrected chi connectivity index (χ3v) is 3.40. The molecule has 1 amide bonds. The first-order chi connectivity index (χ1) is 10.1. The molecule has 0 heterocycles. The minimum atomic E-state index is -0.391. The Bertz CT molecular complexity index is 495. The van der Waals surface area contributed by atoms with E-state index >= 15 is 0 Å². The lowest BCUT2D eigenvalue weighted by molar-refractivity contribution is -0.114. The lowest BCUT2D eigenvalue weighted by Crippen LogP contribution is -2.15. The summed E-state index contributed by atoms with van der Waals surface area (Å²) in [6, 6.07) is 5.06. The van der Waals surface area contributed by atoms with Crippen LogP contribution in [0.1, 0.15) is 44.6 Å². The van der Waals surface area contributed by atoms with Crippen molar-refractivity contribution in [2.45, 2.75) is 45.4 Å². The number of hydrogen-bond acceptors (Lipinski definition) is 3. The van der Waals surface area contributed by atoms with E-state index in [1.807, 2.05) is 6.08 Å². The molecule has 0 radical (unpaired) electrons. The average Bonchev–Trinajstić information content (AvgIpc) is 2.47. The van der Waals surface area contributed by atoms with E-state index in [1.54, 1.807) is 18.2 Å². The van der Waals surface area contributed by atoms with E-state index in [0.717, 1.165) is 18.4 Å². The number of hydrogen-bond donors (Lipinski definition) is 2. The molecule has 4 heteroatoms. The number of rotatable bonds is 9. The highest BCUT2D eigenvalue weighted by molar-refractivity contribution is 5.92. The molecule has 0 aliphatic carbocycles. The molecule has 3 N–H and O–H groups in total. The minimum absolute atomic E-state index is 0.0884. The first kappa shape index (κ1) is 17.1. The van der Waals surface area contributed by atoms with Crippen LogP contribution in [0.4, 0.5) is 0 Å². The van der Waals surface area contributed by atoms with Gasteiger partial charge in [0.15, 0.2) is 11.5 Å². The van der Waals surface area contributed by atoms with Crippen molar-refractivity contribution in [3.63, 3.8) is 0 Å². The van der Waals surface area contributed by atoms with Gasteiger partial charge in [0.05, 0.1) is 7.11 Å². The van der Waals surface area contributed by atoms with E-state index in [2.05, 4.69) is 6.92 Å². The molecule has 1 rings (SSSR count). The lowest BCUT2D eigenvalue weighted by Gasteiger charge is -2.08. The van der Waals surface area contributed by atoms with Crippen LogP contribution < -0.4 is 10.5 Å². The van der Waals surface area contributed by atoms with Crippen LogP contribution in [0, 0.1) is 0 Å². The maximum Gasteiger partial charge on any atom is 0.244 e. The Labute approximate surface area is 126 Å². The number of allylic oxidation sites excluding steroid dienone is 1. The predicted octanol–water partition coefficient (Wildman–Crippen LogP) is 3.33. The number of phenols is 1. The summed E-state index contributed by atoms with van der Waals surface area (Å²) < 4.78 is 5.07. The molecule has 0 spiro atoms. The number of amides is 1. The Balaban J connectivity index is 2.70. The molecule has 4 nitrogen and oxygen atoms in total. The van der Waals surface area contributed by atoms with Gasteiger partial charge in [-0.2, -0.15) is 0 Å². The van der Waals surface area contributed by atoms with Crippen molar-refractivity contribution in [1.29, 1.82) is 0 Å². The molecule has 0 aliphatic rings. The zero-order chi connectivity index (χ0) is 15.7. The van der Waals surface area contributed by atoms with Gasteiger partial charge < -0.3 is 15.6 Å². The van der Waals surface area contributed by atoms with Crippen LogP contribution >= 0.6 is 0 Å². The first-order valence-corrected chi connectivity index (χ1v) is 7.43. The van der Waals surface area contributed by atoms with Gasteiger partial charge in [0, 0.05) is 12.0 Å². The van der Waals surface area contributed by atoms with Crippen molar-refractivity contribution in [2.75, 3.05) is 7.11 Å². The zero-order valence-electron chi connectivity index (χ0n) is 12.9. The van der Waals surface area contributed by atoms with Crippen LogP contribution in [0.2, 0.25) is 0 Å². The van der Waals surface area contributed by atoms with Crippen LogP contribution in [-0.4, -0.2) is 18.1 Å². The molecule has 0 unspecified atom stereocenters. The van der Waals surface area contributed by atoms with Crippen molar-refractivity contribution in [3.05, 3.63) is 35.4 Å². The fraction of sp³-hybridized carbons (Fsp3) is 0.471. The number of nitrogens with two attached hydrogens (primary N) is 1. The van der Waals surface area contributed by atoms with Gasteiger partial charge in [-0.05, 0) is 30.5 Å². The van der Waals surface area contributed by atoms with E-state index in [-0.39, 0.29) is 5.75 Å². The summed E-state index contributed by atoms with van der Waals surface area (Å²) >= 11 is 0. The Morgan fingerprint density at radius 2 is 2.10 bits per heavy atom. The Morgan fingerprint density at radius 1 is 1.33 bits per heavy atom. The monoisotopic (exact) mass is 291 g/mol. The van der Waals surface area contributed by atoms with Gasteiger partial charge in [-0.3, -0.25) is 4.79 Å². The number of primary amides is 1. The molecule has 0 bridgehead atoms. The van der Waals surface area contributed by atoms with E-state index in [4.69, 9.17) is 10.5 Å². The summed E-state index contributed by atoms with van der Waals surface area (Å²) in [5, 5.41) is 9.57. The van der Waals surface area contributed by atoms with E-state index < -0.39 is 5.91 Å². The molecule has 1 aromatic rings. The molecule has 0 fully saturated rings. The van der Waals surface area contributed by atoms with Crippen LogP contribution in [0.3, 0.4) is 0 Å². The van der Waals surface area contributed by atoms with Crippen molar-refractivity contribution >= 4 is 5.91 Å². The van der Waals surface area contributed by atoms with Gasteiger partial charge in [-0.15, -0.1) is 0 Å². The highest BCUT2D eigenvalue weighted by Crippen LogP contribution is 2.27. The quantitative estimate of drug-likeness (QED) is 0.541. The molecule has 21 heavy (non-hydrogen) atoms. The minimum Gasteiger partial charge on any atom is -0.504 e. The topological polar surface area (TPSA) is 72.6 Å². The highest BCUT2D eigenvalue weighted by Gasteiger charge is 2.08. The Kier molecular flexibility index (Phi) is 7.37. The SMILES string of the molecule is CCCCCCC=C(Cc1ccc(O)c(OC)c1)C(N)=O. The number of methoxy groups -OCH3 is 1. The number of carbonyl (C=O) groups is 1. The highest BCUT2D eigenvalue weighted by atomic mass is 16.5. The van der Waals surface area contributed by atoms with Gasteiger partial charge >= 0.3 is 0 Å². The molecular weight excluding hydrogens is 266 g/mol. The van der Waals surface area contributed by atoms with E-state index in [0.29, 0.717) is 17.7 Å². The van der Waals surface area contributed by atoms with Crippen molar-refractivity contribution in [1.82, 2.24) is 0 Å². The Hall–Kier alpha value is -1.97. The fourth-order valence-electron chi connectivity index (χ4n) is 2.16. The Morgan fingerprint density at radius 3 is 2.71 bits per heavy atom. The maximum absolute atomic E-state index is 11.5.